The molecular formula is C44H29N3O. The molecule has 0 unspecified atom stereocenters. The minimum atomic E-state index is -0.528. The van der Waals surface area contributed by atoms with E-state index in [1.165, 1.54) is 22.3 Å². The molecule has 7 aromatic rings. The predicted molar refractivity (Wildman–Crippen MR) is 190 cm³/mol. The van der Waals surface area contributed by atoms with Crippen LogP contribution in [0.5, 0.6) is 11.5 Å². The van der Waals surface area contributed by atoms with Gasteiger partial charge in [0.15, 0.2) is 6.17 Å². The number of nitrogens with zero attached hydrogens (tertiary/aromatic N) is 3. The van der Waals surface area contributed by atoms with E-state index < -0.39 is 5.41 Å². The maximum atomic E-state index is 6.70. The monoisotopic (exact) mass is 615 g/mol. The van der Waals surface area contributed by atoms with Gasteiger partial charge in [0, 0.05) is 28.2 Å². The van der Waals surface area contributed by atoms with Crippen molar-refractivity contribution in [3.8, 4) is 22.6 Å². The van der Waals surface area contributed by atoms with Gasteiger partial charge in [0.25, 0.3) is 0 Å². The van der Waals surface area contributed by atoms with Crippen molar-refractivity contribution in [3.63, 3.8) is 0 Å². The van der Waals surface area contributed by atoms with Crippen LogP contribution in [0.25, 0.3) is 11.1 Å². The molecule has 0 N–H and O–H groups in total. The average molecular weight is 616 g/mol. The van der Waals surface area contributed by atoms with Crippen LogP contribution in [-0.2, 0) is 5.41 Å². The van der Waals surface area contributed by atoms with Crippen LogP contribution in [0, 0.1) is 0 Å². The van der Waals surface area contributed by atoms with E-state index in [1.54, 1.807) is 0 Å². The van der Waals surface area contributed by atoms with E-state index in [0.29, 0.717) is 0 Å². The van der Waals surface area contributed by atoms with Gasteiger partial charge in [-0.25, -0.2) is 0 Å². The van der Waals surface area contributed by atoms with Crippen molar-refractivity contribution in [2.45, 2.75) is 11.6 Å². The highest BCUT2D eigenvalue weighted by atomic mass is 16.5. The molecule has 3 aliphatic rings. The molecule has 48 heavy (non-hydrogen) atoms. The van der Waals surface area contributed by atoms with Crippen molar-refractivity contribution in [3.05, 3.63) is 208 Å². The van der Waals surface area contributed by atoms with Gasteiger partial charge in [-0.3, -0.25) is 9.98 Å². The molecule has 0 amide bonds. The van der Waals surface area contributed by atoms with Gasteiger partial charge in [0.05, 0.1) is 16.1 Å². The van der Waals surface area contributed by atoms with Crippen molar-refractivity contribution < 1.29 is 4.74 Å². The molecule has 2 aliphatic heterocycles. The Morgan fingerprint density at radius 1 is 0.438 bits per heavy atom. The first-order valence-electron chi connectivity index (χ1n) is 16.4. The van der Waals surface area contributed by atoms with Crippen LogP contribution in [0.1, 0.15) is 34.0 Å². The molecule has 2 heterocycles. The first kappa shape index (κ1) is 26.9. The van der Waals surface area contributed by atoms with Crippen molar-refractivity contribution in [2.24, 2.45) is 9.98 Å². The highest BCUT2D eigenvalue weighted by molar-refractivity contribution is 5.89. The van der Waals surface area contributed by atoms with Crippen LogP contribution >= 0.6 is 0 Å². The summed E-state index contributed by atoms with van der Waals surface area (Å²) in [6.45, 7) is 0. The van der Waals surface area contributed by atoms with Crippen LogP contribution in [0.4, 0.5) is 17.1 Å². The summed E-state index contributed by atoms with van der Waals surface area (Å²) in [5, 5.41) is 1.89. The summed E-state index contributed by atoms with van der Waals surface area (Å²) in [7, 11) is 0. The van der Waals surface area contributed by atoms with E-state index in [1.807, 2.05) is 24.3 Å². The SMILES string of the molecule is c1ccc(N(c2ccc(C3N=c4ccccc4=N3)cc2)c2ccc3c(c2)C2(c4ccccc4O3)c3ccccc3-c3ccccc32)cc1. The summed E-state index contributed by atoms with van der Waals surface area (Å²) in [6, 6.07) is 60.1. The molecule has 4 nitrogen and oxygen atoms in total. The zero-order valence-electron chi connectivity index (χ0n) is 26.0. The summed E-state index contributed by atoms with van der Waals surface area (Å²) in [4.78, 5) is 12.0. The molecule has 0 radical (unpaired) electrons. The maximum absolute atomic E-state index is 6.70. The highest BCUT2D eigenvalue weighted by Crippen LogP contribution is 2.62. The Morgan fingerprint density at radius 2 is 0.958 bits per heavy atom. The zero-order valence-corrected chi connectivity index (χ0v) is 26.0. The van der Waals surface area contributed by atoms with Crippen molar-refractivity contribution in [1.82, 2.24) is 0 Å². The second kappa shape index (κ2) is 10.4. The van der Waals surface area contributed by atoms with Crippen molar-refractivity contribution in [2.75, 3.05) is 4.90 Å². The fraction of sp³-hybridized carbons (Fsp3) is 0.0455. The van der Waals surface area contributed by atoms with Gasteiger partial charge in [-0.15, -0.1) is 0 Å². The third kappa shape index (κ3) is 3.83. The van der Waals surface area contributed by atoms with E-state index in [2.05, 4.69) is 150 Å². The third-order valence-corrected chi connectivity index (χ3v) is 9.96. The predicted octanol–water partition coefficient (Wildman–Crippen LogP) is 9.58. The van der Waals surface area contributed by atoms with E-state index in [0.717, 1.165) is 56.0 Å². The number of para-hydroxylation sites is 4. The van der Waals surface area contributed by atoms with Gasteiger partial charge in [0.2, 0.25) is 0 Å². The zero-order chi connectivity index (χ0) is 31.7. The minimum absolute atomic E-state index is 0.232. The number of benzene rings is 7. The van der Waals surface area contributed by atoms with Crippen LogP contribution in [-0.4, -0.2) is 0 Å². The fourth-order valence-corrected chi connectivity index (χ4v) is 7.93. The smallest absolute Gasteiger partial charge is 0.166 e. The Bertz CT molecular complexity index is 2420. The minimum Gasteiger partial charge on any atom is -0.457 e. The van der Waals surface area contributed by atoms with Gasteiger partial charge in [-0.1, -0.05) is 109 Å². The number of fused-ring (bicyclic) bond motifs is 10. The fourth-order valence-electron chi connectivity index (χ4n) is 7.93. The first-order valence-corrected chi connectivity index (χ1v) is 16.4. The van der Waals surface area contributed by atoms with Crippen LogP contribution in [0.2, 0.25) is 0 Å². The van der Waals surface area contributed by atoms with Crippen molar-refractivity contribution in [1.29, 1.82) is 0 Å². The second-order valence-corrected chi connectivity index (χ2v) is 12.5. The number of rotatable bonds is 4. The molecule has 1 aliphatic carbocycles. The summed E-state index contributed by atoms with van der Waals surface area (Å²) in [5.41, 5.74) is 11.1. The lowest BCUT2D eigenvalue weighted by molar-refractivity contribution is 0.436. The van der Waals surface area contributed by atoms with E-state index >= 15 is 0 Å². The lowest BCUT2D eigenvalue weighted by Gasteiger charge is -2.40. The largest absolute Gasteiger partial charge is 0.457 e. The normalized spacial score (nSPS) is 14.4. The molecule has 1 spiro atoms. The van der Waals surface area contributed by atoms with Crippen LogP contribution in [0.15, 0.2) is 180 Å². The van der Waals surface area contributed by atoms with Gasteiger partial charge >= 0.3 is 0 Å². The highest BCUT2D eigenvalue weighted by Gasteiger charge is 2.51. The van der Waals surface area contributed by atoms with Crippen LogP contribution < -0.4 is 20.4 Å². The summed E-state index contributed by atoms with van der Waals surface area (Å²) in [6.07, 6.45) is -0.232. The molecule has 0 bridgehead atoms. The lowest BCUT2D eigenvalue weighted by Crippen LogP contribution is -2.32. The molecule has 10 rings (SSSR count). The summed E-state index contributed by atoms with van der Waals surface area (Å²) >= 11 is 0. The molecule has 0 aromatic heterocycles. The number of hydrogen-bond acceptors (Lipinski definition) is 4. The Balaban J connectivity index is 1.17. The standard InChI is InChI=1S/C44H29N3O/c1-2-12-30(13-3-1)47(31-24-22-29(23-25-31)43-45-39-19-9-10-20-40(39)46-43)32-26-27-42-38(28-32)44(37-18-8-11-21-41(37)48-42)35-16-6-4-14-33(35)34-15-5-7-17-36(34)44/h1-28,43H. The second-order valence-electron chi connectivity index (χ2n) is 12.5. The Hall–Kier alpha value is -6.26. The average Bonchev–Trinajstić information content (AvgIpc) is 3.71. The number of hydrogen-bond donors (Lipinski definition) is 0. The topological polar surface area (TPSA) is 37.2 Å². The quantitative estimate of drug-likeness (QED) is 0.198. The molecule has 0 saturated heterocycles. The molecule has 7 aromatic carbocycles. The maximum Gasteiger partial charge on any atom is 0.166 e. The van der Waals surface area contributed by atoms with Gasteiger partial charge in [0.1, 0.15) is 11.5 Å². The Labute approximate surface area is 278 Å². The first-order chi connectivity index (χ1) is 23.8. The number of ether oxygens (including phenoxy) is 1. The van der Waals surface area contributed by atoms with E-state index in [9.17, 15) is 0 Å². The summed E-state index contributed by atoms with van der Waals surface area (Å²) in [5.74, 6) is 1.76. The summed E-state index contributed by atoms with van der Waals surface area (Å²) < 4.78 is 6.70. The van der Waals surface area contributed by atoms with Crippen LogP contribution in [0.3, 0.4) is 0 Å². The molecule has 226 valence electrons. The lowest BCUT2D eigenvalue weighted by atomic mass is 9.66. The van der Waals surface area contributed by atoms with Gasteiger partial charge < -0.3 is 9.64 Å². The molecule has 0 atom stereocenters. The van der Waals surface area contributed by atoms with E-state index in [-0.39, 0.29) is 6.17 Å². The Morgan fingerprint density at radius 3 is 1.65 bits per heavy atom. The Kier molecular flexibility index (Phi) is 5.82. The van der Waals surface area contributed by atoms with Gasteiger partial charge in [-0.2, -0.15) is 0 Å². The van der Waals surface area contributed by atoms with Crippen molar-refractivity contribution >= 4 is 17.1 Å². The molecule has 0 saturated carbocycles. The third-order valence-electron chi connectivity index (χ3n) is 9.96. The molecular weight excluding hydrogens is 587 g/mol. The number of anilines is 3. The molecule has 4 heteroatoms. The molecule has 0 fully saturated rings. The van der Waals surface area contributed by atoms with E-state index in [4.69, 9.17) is 14.7 Å². The van der Waals surface area contributed by atoms with Gasteiger partial charge in [-0.05, 0) is 88.5 Å².